The zero-order chi connectivity index (χ0) is 20.1. The van der Waals surface area contributed by atoms with Crippen LogP contribution in [0.3, 0.4) is 0 Å². The van der Waals surface area contributed by atoms with E-state index < -0.39 is 18.8 Å². The number of nitrogens with zero attached hydrogens (tertiary/aromatic N) is 1. The topological polar surface area (TPSA) is 49.5 Å². The van der Waals surface area contributed by atoms with Crippen LogP contribution in [0, 0.1) is 4.91 Å². The second-order valence-electron chi connectivity index (χ2n) is 6.64. The Morgan fingerprint density at radius 1 is 0.586 bits per heavy atom. The molecule has 4 aromatic carbocycles. The molecule has 4 rings (SSSR count). The van der Waals surface area contributed by atoms with Gasteiger partial charge >= 0.3 is 174 Å². The van der Waals surface area contributed by atoms with Gasteiger partial charge in [-0.1, -0.05) is 0 Å². The van der Waals surface area contributed by atoms with Crippen molar-refractivity contribution in [2.45, 2.75) is 0 Å². The van der Waals surface area contributed by atoms with E-state index in [0.717, 1.165) is 10.7 Å². The van der Waals surface area contributed by atoms with Crippen molar-refractivity contribution in [1.82, 2.24) is 0 Å². The second kappa shape index (κ2) is 8.49. The molecule has 0 fully saturated rings. The third kappa shape index (κ3) is 3.89. The maximum absolute atomic E-state index is 13.2. The van der Waals surface area contributed by atoms with Gasteiger partial charge in [0.2, 0.25) is 0 Å². The molecule has 4 nitrogen and oxygen atoms in total. The first-order valence-corrected chi connectivity index (χ1v) is 14.8. The molecule has 0 amide bonds. The fraction of sp³-hybridized carbons (Fsp3) is 0. The minimum atomic E-state index is -4.15. The zero-order valence-corrected chi connectivity index (χ0v) is 18.5. The number of benzene rings is 4. The van der Waals surface area contributed by atoms with Crippen molar-refractivity contribution < 1.29 is 13.2 Å². The standard InChI is InChI=1S/C6H5NO3.3C6H5.Sn/c8-6-3-1-5(2-4-6)7(9)10;3*1-2-4-6-5-3-1;/h1-4,8H;3*1-5H;/q;;;;+1. The summed E-state index contributed by atoms with van der Waals surface area (Å²) in [5.41, 5.74) is 0.340. The van der Waals surface area contributed by atoms with Crippen LogP contribution >= 0.6 is 0 Å². The van der Waals surface area contributed by atoms with E-state index in [2.05, 4.69) is 0 Å². The van der Waals surface area contributed by atoms with Crippen LogP contribution in [0.25, 0.3) is 0 Å². The monoisotopic (exact) mass is 490 g/mol. The van der Waals surface area contributed by atoms with E-state index in [1.54, 1.807) is 12.1 Å². The molecule has 0 heterocycles. The Labute approximate surface area is 174 Å². The molecule has 5 heteroatoms. The second-order valence-corrected chi connectivity index (χ2v) is 16.0. The van der Waals surface area contributed by atoms with Gasteiger partial charge in [0, 0.05) is 0 Å². The normalized spacial score (nSPS) is 11.0. The van der Waals surface area contributed by atoms with E-state index in [1.165, 1.54) is 12.1 Å². The van der Waals surface area contributed by atoms with E-state index in [9.17, 15) is 10.0 Å². The molecular weight excluding hydrogens is 469 g/mol. The van der Waals surface area contributed by atoms with Gasteiger partial charge in [0.25, 0.3) is 0 Å². The van der Waals surface area contributed by atoms with Crippen LogP contribution in [0.4, 0.5) is 5.69 Å². The van der Waals surface area contributed by atoms with Crippen LogP contribution in [0.15, 0.2) is 115 Å². The molecule has 0 unspecified atom stereocenters. The van der Waals surface area contributed by atoms with Crippen molar-refractivity contribution in [3.05, 3.63) is 120 Å². The molecule has 4 aromatic rings. The van der Waals surface area contributed by atoms with Gasteiger partial charge in [0.1, 0.15) is 0 Å². The Hall–Kier alpha value is -3.12. The molecule has 0 aromatic heterocycles. The number of hydrogen-bond acceptors (Lipinski definition) is 3. The van der Waals surface area contributed by atoms with Gasteiger partial charge in [0.15, 0.2) is 0 Å². The Morgan fingerprint density at radius 2 is 0.966 bits per heavy atom. The third-order valence-electron chi connectivity index (χ3n) is 4.82. The van der Waals surface area contributed by atoms with Gasteiger partial charge in [-0.2, -0.15) is 0 Å². The summed E-state index contributed by atoms with van der Waals surface area (Å²) in [4.78, 5) is 13.8. The van der Waals surface area contributed by atoms with Gasteiger partial charge in [0.05, 0.1) is 0 Å². The summed E-state index contributed by atoms with van der Waals surface area (Å²) >= 11 is -4.15. The van der Waals surface area contributed by atoms with Crippen molar-refractivity contribution in [1.29, 1.82) is 0 Å². The number of phenols is 1. The molecule has 0 radical (unpaired) electrons. The summed E-state index contributed by atoms with van der Waals surface area (Å²) in [5, 5.41) is 9.56. The predicted octanol–water partition coefficient (Wildman–Crippen LogP) is 3.40. The van der Waals surface area contributed by atoms with Gasteiger partial charge in [-0.3, -0.25) is 0 Å². The molecule has 0 bridgehead atoms. The summed E-state index contributed by atoms with van der Waals surface area (Å²) in [7, 11) is 0. The summed E-state index contributed by atoms with van der Waals surface area (Å²) in [6.45, 7) is 0. The average molecular weight is 489 g/mol. The molecule has 1 N–H and O–H groups in total. The Bertz CT molecular complexity index is 989. The maximum atomic E-state index is 13.2. The minimum absolute atomic E-state index is 0.103. The molecule has 0 saturated carbocycles. The molecule has 0 aliphatic heterocycles. The molecule has 0 spiro atoms. The van der Waals surface area contributed by atoms with E-state index in [-0.39, 0.29) is 5.75 Å². The van der Waals surface area contributed by atoms with Crippen LogP contribution in [0.5, 0.6) is 5.75 Å². The first-order valence-electron chi connectivity index (χ1n) is 9.32. The van der Waals surface area contributed by atoms with Crippen molar-refractivity contribution in [2.75, 3.05) is 0 Å². The number of hydrogen-bond donors (Lipinski definition) is 1. The Morgan fingerprint density at radius 3 is 1.34 bits per heavy atom. The fourth-order valence-corrected chi connectivity index (χ4v) is 13.9. The van der Waals surface area contributed by atoms with Crippen LogP contribution in [0.1, 0.15) is 0 Å². The van der Waals surface area contributed by atoms with Crippen molar-refractivity contribution in [3.63, 3.8) is 0 Å². The predicted molar refractivity (Wildman–Crippen MR) is 116 cm³/mol. The van der Waals surface area contributed by atoms with Gasteiger partial charge in [-0.25, -0.2) is 0 Å². The molecule has 0 saturated heterocycles. The van der Waals surface area contributed by atoms with E-state index in [1.807, 2.05) is 91.0 Å². The number of phenolic OH excluding ortho intramolecular Hbond substituents is 1. The van der Waals surface area contributed by atoms with E-state index in [4.69, 9.17) is 3.17 Å². The van der Waals surface area contributed by atoms with Crippen LogP contribution in [-0.2, 0) is 3.17 Å². The zero-order valence-electron chi connectivity index (χ0n) is 15.7. The summed E-state index contributed by atoms with van der Waals surface area (Å²) < 4.78 is 9.55. The Balaban J connectivity index is 1.92. The number of aromatic hydroxyl groups is 1. The van der Waals surface area contributed by atoms with Crippen LogP contribution in [-0.4, -0.2) is 28.8 Å². The summed E-state index contributed by atoms with van der Waals surface area (Å²) in [5.74, 6) is 0.103. The van der Waals surface area contributed by atoms with E-state index in [0.29, 0.717) is 10.6 Å². The van der Waals surface area contributed by atoms with Crippen molar-refractivity contribution in [2.24, 2.45) is 0 Å². The van der Waals surface area contributed by atoms with Crippen LogP contribution in [0.2, 0.25) is 0 Å². The van der Waals surface area contributed by atoms with E-state index >= 15 is 0 Å². The van der Waals surface area contributed by atoms with Crippen molar-refractivity contribution >= 4 is 35.2 Å². The molecular formula is C24H20NO3Sn+. The first kappa shape index (κ1) is 19.2. The first-order chi connectivity index (χ1) is 14.2. The summed E-state index contributed by atoms with van der Waals surface area (Å²) in [6.07, 6.45) is 0. The SMILES string of the molecule is O=[N+]([O][Sn]([c]1ccccc1)([c]1ccccc1)[c]1ccccc1)c1ccc(O)cc1. The molecule has 0 aliphatic carbocycles. The summed E-state index contributed by atoms with van der Waals surface area (Å²) in [6, 6.07) is 36.1. The van der Waals surface area contributed by atoms with Crippen molar-refractivity contribution in [3.8, 4) is 5.75 Å². The molecule has 29 heavy (non-hydrogen) atoms. The Kier molecular flexibility index (Phi) is 5.62. The van der Waals surface area contributed by atoms with Gasteiger partial charge in [-0.15, -0.1) is 0 Å². The third-order valence-corrected chi connectivity index (χ3v) is 15.9. The molecule has 142 valence electrons. The van der Waals surface area contributed by atoms with Crippen LogP contribution < -0.4 is 10.7 Å². The molecule has 0 aliphatic rings. The average Bonchev–Trinajstić information content (AvgIpc) is 2.79. The fourth-order valence-electron chi connectivity index (χ4n) is 3.43. The quantitative estimate of drug-likeness (QED) is 0.334. The number of rotatable bonds is 6. The van der Waals surface area contributed by atoms with Gasteiger partial charge < -0.3 is 0 Å². The molecule has 0 atom stereocenters. The van der Waals surface area contributed by atoms with Gasteiger partial charge in [-0.05, 0) is 0 Å².